The van der Waals surface area contributed by atoms with Crippen molar-refractivity contribution in [2.24, 2.45) is 0 Å². The van der Waals surface area contributed by atoms with Gasteiger partial charge in [0, 0.05) is 4.88 Å². The second kappa shape index (κ2) is 3.13. The highest BCUT2D eigenvalue weighted by molar-refractivity contribution is 7.10. The molecule has 0 aliphatic carbocycles. The molecule has 0 aliphatic rings. The van der Waals surface area contributed by atoms with Crippen LogP contribution in [-0.2, 0) is 0 Å². The lowest BCUT2D eigenvalue weighted by Crippen LogP contribution is -2.09. The molecule has 0 aliphatic heterocycles. The summed E-state index contributed by atoms with van der Waals surface area (Å²) in [6, 6.07) is 3.36. The zero-order valence-corrected chi connectivity index (χ0v) is 6.32. The van der Waals surface area contributed by atoms with Crippen LogP contribution in [0, 0.1) is 0 Å². The van der Waals surface area contributed by atoms with Gasteiger partial charge in [-0.1, -0.05) is 12.1 Å². The standard InChI is InChI=1S/C6H5BF3S/c8-7(9,10)4-3-6-2-1-5-11-6/h1-5H/q-1/b4-3+. The van der Waals surface area contributed by atoms with Crippen LogP contribution >= 0.6 is 11.3 Å². The molecule has 60 valence electrons. The Morgan fingerprint density at radius 3 is 2.55 bits per heavy atom. The van der Waals surface area contributed by atoms with Crippen molar-refractivity contribution >= 4 is 24.4 Å². The van der Waals surface area contributed by atoms with Crippen LogP contribution in [-0.4, -0.2) is 6.98 Å². The van der Waals surface area contributed by atoms with E-state index in [9.17, 15) is 12.9 Å². The molecule has 1 aromatic heterocycles. The van der Waals surface area contributed by atoms with Crippen LogP contribution in [0.2, 0.25) is 0 Å². The Bertz CT molecular complexity index is 237. The van der Waals surface area contributed by atoms with Gasteiger partial charge < -0.3 is 12.9 Å². The summed E-state index contributed by atoms with van der Waals surface area (Å²) in [5, 5.41) is 1.74. The van der Waals surface area contributed by atoms with Crippen LogP contribution in [0.5, 0.6) is 0 Å². The fourth-order valence-corrected chi connectivity index (χ4v) is 1.22. The topological polar surface area (TPSA) is 0 Å². The molecule has 0 unspecified atom stereocenters. The Morgan fingerprint density at radius 1 is 1.36 bits per heavy atom. The summed E-state index contributed by atoms with van der Waals surface area (Å²) in [6.07, 6.45) is 1.09. The van der Waals surface area contributed by atoms with Crippen molar-refractivity contribution < 1.29 is 12.9 Å². The van der Waals surface area contributed by atoms with Crippen molar-refractivity contribution in [1.82, 2.24) is 0 Å². The number of thiophene rings is 1. The molecular formula is C6H5BF3S-. The summed E-state index contributed by atoms with van der Waals surface area (Å²) in [6.45, 7) is -4.78. The maximum atomic E-state index is 11.6. The zero-order valence-electron chi connectivity index (χ0n) is 5.51. The number of hydrogen-bond donors (Lipinski definition) is 0. The van der Waals surface area contributed by atoms with E-state index in [1.807, 2.05) is 0 Å². The highest BCUT2D eigenvalue weighted by atomic mass is 32.1. The molecule has 1 heterocycles. The molecule has 0 spiro atoms. The van der Waals surface area contributed by atoms with Crippen molar-refractivity contribution in [1.29, 1.82) is 0 Å². The van der Waals surface area contributed by atoms with Gasteiger partial charge in [-0.3, -0.25) is 0 Å². The van der Waals surface area contributed by atoms with E-state index in [0.717, 1.165) is 6.08 Å². The van der Waals surface area contributed by atoms with Crippen LogP contribution in [0.3, 0.4) is 0 Å². The van der Waals surface area contributed by atoms with Crippen LogP contribution in [0.25, 0.3) is 6.08 Å². The first-order chi connectivity index (χ1) is 5.08. The summed E-state index contributed by atoms with van der Waals surface area (Å²) in [5.41, 5.74) is 0. The third-order valence-corrected chi connectivity index (χ3v) is 1.86. The molecule has 0 N–H and O–H groups in total. The molecule has 1 rings (SSSR count). The number of halogens is 3. The van der Waals surface area contributed by atoms with Gasteiger partial charge in [0.05, 0.1) is 0 Å². The lowest BCUT2D eigenvalue weighted by atomic mass is 9.92. The molecule has 0 saturated carbocycles. The monoisotopic (exact) mass is 177 g/mol. The maximum Gasteiger partial charge on any atom is 0.502 e. The Morgan fingerprint density at radius 2 is 2.09 bits per heavy atom. The van der Waals surface area contributed by atoms with E-state index in [4.69, 9.17) is 0 Å². The van der Waals surface area contributed by atoms with E-state index in [-0.39, 0.29) is 0 Å². The molecule has 5 heteroatoms. The molecule has 0 bridgehead atoms. The predicted octanol–water partition coefficient (Wildman–Crippen LogP) is 3.15. The molecule has 0 aromatic carbocycles. The quantitative estimate of drug-likeness (QED) is 0.608. The van der Waals surface area contributed by atoms with E-state index < -0.39 is 6.98 Å². The van der Waals surface area contributed by atoms with Crippen LogP contribution in [0.1, 0.15) is 4.88 Å². The van der Waals surface area contributed by atoms with Crippen molar-refractivity contribution in [3.8, 4) is 0 Å². The summed E-state index contributed by atoms with van der Waals surface area (Å²) < 4.78 is 34.9. The van der Waals surface area contributed by atoms with E-state index in [1.54, 1.807) is 17.5 Å². The first kappa shape index (κ1) is 8.39. The van der Waals surface area contributed by atoms with E-state index in [0.29, 0.717) is 10.9 Å². The van der Waals surface area contributed by atoms with Crippen molar-refractivity contribution in [3.05, 3.63) is 28.4 Å². The Kier molecular flexibility index (Phi) is 2.39. The Balaban J connectivity index is 2.63. The lowest BCUT2D eigenvalue weighted by molar-refractivity contribution is 0.499. The average molecular weight is 177 g/mol. The zero-order chi connectivity index (χ0) is 8.32. The van der Waals surface area contributed by atoms with E-state index in [1.165, 1.54) is 11.3 Å². The SMILES string of the molecule is F[B-](F)(F)/C=C/c1cccs1. The highest BCUT2D eigenvalue weighted by Gasteiger charge is 2.16. The van der Waals surface area contributed by atoms with Gasteiger partial charge >= 0.3 is 6.98 Å². The molecular weight excluding hydrogens is 172 g/mol. The first-order valence-corrected chi connectivity index (χ1v) is 3.88. The Labute approximate surface area is 66.4 Å². The number of hydrogen-bond acceptors (Lipinski definition) is 1. The molecule has 0 atom stereocenters. The molecule has 11 heavy (non-hydrogen) atoms. The van der Waals surface area contributed by atoms with Crippen molar-refractivity contribution in [3.63, 3.8) is 0 Å². The predicted molar refractivity (Wildman–Crippen MR) is 42.4 cm³/mol. The van der Waals surface area contributed by atoms with Gasteiger partial charge in [-0.05, 0) is 11.4 Å². The smallest absolute Gasteiger partial charge is 0.445 e. The number of rotatable bonds is 2. The molecule has 0 amide bonds. The molecule has 0 radical (unpaired) electrons. The largest absolute Gasteiger partial charge is 0.502 e. The minimum atomic E-state index is -4.78. The normalized spacial score (nSPS) is 12.6. The molecule has 0 saturated heterocycles. The van der Waals surface area contributed by atoms with E-state index in [2.05, 4.69) is 0 Å². The summed E-state index contributed by atoms with van der Waals surface area (Å²) in [4.78, 5) is 0.629. The fraction of sp³-hybridized carbons (Fsp3) is 0. The second-order valence-electron chi connectivity index (χ2n) is 2.00. The average Bonchev–Trinajstić information content (AvgIpc) is 2.32. The van der Waals surface area contributed by atoms with Crippen LogP contribution in [0.4, 0.5) is 12.9 Å². The van der Waals surface area contributed by atoms with Gasteiger partial charge in [0.15, 0.2) is 0 Å². The summed E-state index contributed by atoms with van der Waals surface area (Å²) >= 11 is 1.29. The third kappa shape index (κ3) is 3.27. The first-order valence-electron chi connectivity index (χ1n) is 3.01. The second-order valence-corrected chi connectivity index (χ2v) is 2.98. The highest BCUT2D eigenvalue weighted by Crippen LogP contribution is 2.15. The van der Waals surface area contributed by atoms with Gasteiger partial charge in [0.25, 0.3) is 0 Å². The molecule has 1 aromatic rings. The summed E-state index contributed by atoms with van der Waals surface area (Å²) in [5.74, 6) is 0.297. The molecule has 0 fully saturated rings. The van der Waals surface area contributed by atoms with Crippen molar-refractivity contribution in [2.75, 3.05) is 0 Å². The van der Waals surface area contributed by atoms with Crippen molar-refractivity contribution in [2.45, 2.75) is 0 Å². The van der Waals surface area contributed by atoms with Gasteiger partial charge in [-0.15, -0.1) is 17.3 Å². The minimum Gasteiger partial charge on any atom is -0.445 e. The minimum absolute atomic E-state index is 0.297. The van der Waals surface area contributed by atoms with Gasteiger partial charge in [0.2, 0.25) is 0 Å². The Hall–Kier alpha value is -0.705. The van der Waals surface area contributed by atoms with Crippen LogP contribution < -0.4 is 0 Å². The van der Waals surface area contributed by atoms with Gasteiger partial charge in [-0.25, -0.2) is 0 Å². The summed E-state index contributed by atoms with van der Waals surface area (Å²) in [7, 11) is 0. The molecule has 0 nitrogen and oxygen atoms in total. The maximum absolute atomic E-state index is 11.6. The van der Waals surface area contributed by atoms with Gasteiger partial charge in [0.1, 0.15) is 0 Å². The van der Waals surface area contributed by atoms with Crippen LogP contribution in [0.15, 0.2) is 23.5 Å². The third-order valence-electron chi connectivity index (χ3n) is 1.02. The lowest BCUT2D eigenvalue weighted by Gasteiger charge is -2.04. The van der Waals surface area contributed by atoms with E-state index >= 15 is 0 Å². The fourth-order valence-electron chi connectivity index (χ4n) is 0.590. The van der Waals surface area contributed by atoms with Gasteiger partial charge in [-0.2, -0.15) is 0 Å².